The number of nitrogens with zero attached hydrogens (tertiary/aromatic N) is 1. The topological polar surface area (TPSA) is 48.1 Å². The van der Waals surface area contributed by atoms with Crippen LogP contribution < -0.4 is 10.5 Å². The molecule has 2 atom stereocenters. The van der Waals surface area contributed by atoms with E-state index in [4.69, 9.17) is 10.5 Å². The van der Waals surface area contributed by atoms with Crippen LogP contribution in [-0.2, 0) is 6.18 Å². The Balaban J connectivity index is 2.11. The summed E-state index contributed by atoms with van der Waals surface area (Å²) in [5, 5.41) is 0. The van der Waals surface area contributed by atoms with Crippen LogP contribution in [0.1, 0.15) is 25.0 Å². The van der Waals surface area contributed by atoms with Gasteiger partial charge < -0.3 is 10.5 Å². The molecular formula is C11H13F3N2O. The zero-order valence-corrected chi connectivity index (χ0v) is 9.07. The Morgan fingerprint density at radius 1 is 1.35 bits per heavy atom. The Kier molecular flexibility index (Phi) is 3.24. The summed E-state index contributed by atoms with van der Waals surface area (Å²) >= 11 is 0. The second kappa shape index (κ2) is 4.52. The number of halogens is 3. The molecule has 1 fully saturated rings. The highest BCUT2D eigenvalue weighted by molar-refractivity contribution is 5.24. The van der Waals surface area contributed by atoms with Gasteiger partial charge in [-0.05, 0) is 25.3 Å². The number of nitrogens with two attached hydrogens (primary N) is 1. The lowest BCUT2D eigenvalue weighted by Crippen LogP contribution is -2.33. The summed E-state index contributed by atoms with van der Waals surface area (Å²) in [5.41, 5.74) is 4.84. The van der Waals surface area contributed by atoms with Gasteiger partial charge in [0.25, 0.3) is 0 Å². The Labute approximate surface area is 96.8 Å². The Bertz CT molecular complexity index is 395. The quantitative estimate of drug-likeness (QED) is 0.871. The first-order valence-electron chi connectivity index (χ1n) is 5.42. The lowest BCUT2D eigenvalue weighted by molar-refractivity contribution is -0.141. The molecule has 1 aliphatic carbocycles. The Morgan fingerprint density at radius 2 is 2.12 bits per heavy atom. The highest BCUT2D eigenvalue weighted by atomic mass is 19.4. The van der Waals surface area contributed by atoms with Crippen molar-refractivity contribution >= 4 is 0 Å². The van der Waals surface area contributed by atoms with Crippen LogP contribution in [0.25, 0.3) is 0 Å². The molecule has 3 nitrogen and oxygen atoms in total. The van der Waals surface area contributed by atoms with Gasteiger partial charge in [-0.25, -0.2) is 0 Å². The minimum atomic E-state index is -4.45. The van der Waals surface area contributed by atoms with Gasteiger partial charge in [0.2, 0.25) is 0 Å². The standard InChI is InChI=1S/C11H13F3N2O/c12-11(13,14)10-6-7(4-5-16-10)17-9-3-1-2-8(9)15/h4-6,8-9H,1-3,15H2/t8-,9-/m1/s1. The molecule has 2 rings (SSSR count). The van der Waals surface area contributed by atoms with Crippen molar-refractivity contribution in [1.82, 2.24) is 4.98 Å². The van der Waals surface area contributed by atoms with Crippen molar-refractivity contribution in [2.24, 2.45) is 5.73 Å². The number of pyridine rings is 1. The first kappa shape index (κ1) is 12.2. The molecule has 2 N–H and O–H groups in total. The van der Waals surface area contributed by atoms with Gasteiger partial charge in [0, 0.05) is 18.3 Å². The lowest BCUT2D eigenvalue weighted by Gasteiger charge is -2.18. The first-order valence-corrected chi connectivity index (χ1v) is 5.42. The fraction of sp³-hybridized carbons (Fsp3) is 0.545. The number of aromatic nitrogens is 1. The van der Waals surface area contributed by atoms with E-state index in [1.165, 1.54) is 6.07 Å². The largest absolute Gasteiger partial charge is 0.489 e. The number of rotatable bonds is 2. The maximum atomic E-state index is 12.4. The van der Waals surface area contributed by atoms with Crippen LogP contribution in [0.4, 0.5) is 13.2 Å². The molecule has 1 saturated carbocycles. The molecule has 1 aromatic rings. The molecule has 17 heavy (non-hydrogen) atoms. The van der Waals surface area contributed by atoms with Crippen LogP contribution in [0.3, 0.4) is 0 Å². The van der Waals surface area contributed by atoms with E-state index in [2.05, 4.69) is 4.98 Å². The van der Waals surface area contributed by atoms with E-state index < -0.39 is 11.9 Å². The summed E-state index contributed by atoms with van der Waals surface area (Å²) in [7, 11) is 0. The van der Waals surface area contributed by atoms with Gasteiger partial charge >= 0.3 is 6.18 Å². The minimum absolute atomic E-state index is 0.0995. The van der Waals surface area contributed by atoms with Gasteiger partial charge in [-0.15, -0.1) is 0 Å². The second-order valence-corrected chi connectivity index (χ2v) is 4.13. The molecule has 1 aromatic heterocycles. The van der Waals surface area contributed by atoms with Crippen LogP contribution in [0, 0.1) is 0 Å². The zero-order chi connectivity index (χ0) is 12.5. The van der Waals surface area contributed by atoms with E-state index in [-0.39, 0.29) is 17.9 Å². The highest BCUT2D eigenvalue weighted by Gasteiger charge is 2.33. The molecule has 0 saturated heterocycles. The molecule has 0 radical (unpaired) electrons. The molecule has 0 aliphatic heterocycles. The van der Waals surface area contributed by atoms with E-state index in [0.29, 0.717) is 0 Å². The van der Waals surface area contributed by atoms with Crippen LogP contribution in [-0.4, -0.2) is 17.1 Å². The highest BCUT2D eigenvalue weighted by Crippen LogP contribution is 2.30. The molecule has 0 amide bonds. The van der Waals surface area contributed by atoms with E-state index in [1.807, 2.05) is 0 Å². The van der Waals surface area contributed by atoms with Crippen LogP contribution >= 0.6 is 0 Å². The van der Waals surface area contributed by atoms with Crippen molar-refractivity contribution in [2.75, 3.05) is 0 Å². The molecular weight excluding hydrogens is 233 g/mol. The van der Waals surface area contributed by atoms with Crippen molar-refractivity contribution in [3.63, 3.8) is 0 Å². The number of ether oxygens (including phenoxy) is 1. The van der Waals surface area contributed by atoms with Crippen molar-refractivity contribution < 1.29 is 17.9 Å². The zero-order valence-electron chi connectivity index (χ0n) is 9.07. The van der Waals surface area contributed by atoms with Crippen LogP contribution in [0.2, 0.25) is 0 Å². The van der Waals surface area contributed by atoms with Gasteiger partial charge in [0.1, 0.15) is 17.5 Å². The summed E-state index contributed by atoms with van der Waals surface area (Å²) in [5.74, 6) is 0.176. The van der Waals surface area contributed by atoms with Gasteiger partial charge in [0.05, 0.1) is 0 Å². The maximum Gasteiger partial charge on any atom is 0.433 e. The molecule has 0 spiro atoms. The monoisotopic (exact) mass is 246 g/mol. The molecule has 6 heteroatoms. The molecule has 0 aromatic carbocycles. The van der Waals surface area contributed by atoms with E-state index >= 15 is 0 Å². The molecule has 1 aliphatic rings. The molecule has 94 valence electrons. The minimum Gasteiger partial charge on any atom is -0.489 e. The van der Waals surface area contributed by atoms with E-state index in [1.54, 1.807) is 0 Å². The van der Waals surface area contributed by atoms with Crippen molar-refractivity contribution in [1.29, 1.82) is 0 Å². The predicted molar refractivity (Wildman–Crippen MR) is 55.5 cm³/mol. The Hall–Kier alpha value is -1.30. The summed E-state index contributed by atoms with van der Waals surface area (Å²) in [6, 6.07) is 2.23. The summed E-state index contributed by atoms with van der Waals surface area (Å²) in [6.07, 6.45) is -0.968. The summed E-state index contributed by atoms with van der Waals surface area (Å²) < 4.78 is 42.7. The van der Waals surface area contributed by atoms with Gasteiger partial charge in [0.15, 0.2) is 0 Å². The van der Waals surface area contributed by atoms with Crippen molar-refractivity contribution in [3.05, 3.63) is 24.0 Å². The fourth-order valence-corrected chi connectivity index (χ4v) is 1.92. The van der Waals surface area contributed by atoms with Gasteiger partial charge in [-0.3, -0.25) is 4.98 Å². The third-order valence-electron chi connectivity index (χ3n) is 2.81. The number of hydrogen-bond acceptors (Lipinski definition) is 3. The van der Waals surface area contributed by atoms with Crippen LogP contribution in [0.5, 0.6) is 5.75 Å². The second-order valence-electron chi connectivity index (χ2n) is 4.13. The number of hydrogen-bond donors (Lipinski definition) is 1. The number of alkyl halides is 3. The third kappa shape index (κ3) is 2.88. The SMILES string of the molecule is N[C@@H]1CCC[C@H]1Oc1ccnc(C(F)(F)F)c1. The predicted octanol–water partition coefficient (Wildman–Crippen LogP) is 2.36. The van der Waals surface area contributed by atoms with E-state index in [0.717, 1.165) is 31.5 Å². The maximum absolute atomic E-state index is 12.4. The first-order chi connectivity index (χ1) is 7.97. The van der Waals surface area contributed by atoms with Gasteiger partial charge in [-0.1, -0.05) is 0 Å². The third-order valence-corrected chi connectivity index (χ3v) is 2.81. The molecule has 0 bridgehead atoms. The van der Waals surface area contributed by atoms with Gasteiger partial charge in [-0.2, -0.15) is 13.2 Å². The smallest absolute Gasteiger partial charge is 0.433 e. The average molecular weight is 246 g/mol. The van der Waals surface area contributed by atoms with Crippen molar-refractivity contribution in [2.45, 2.75) is 37.6 Å². The van der Waals surface area contributed by atoms with Crippen molar-refractivity contribution in [3.8, 4) is 5.75 Å². The molecule has 0 unspecified atom stereocenters. The lowest BCUT2D eigenvalue weighted by atomic mass is 10.2. The summed E-state index contributed by atoms with van der Waals surface area (Å²) in [6.45, 7) is 0. The molecule has 1 heterocycles. The summed E-state index contributed by atoms with van der Waals surface area (Å²) in [4.78, 5) is 3.27. The van der Waals surface area contributed by atoms with E-state index in [9.17, 15) is 13.2 Å². The fourth-order valence-electron chi connectivity index (χ4n) is 1.92. The van der Waals surface area contributed by atoms with Crippen LogP contribution in [0.15, 0.2) is 18.3 Å². The average Bonchev–Trinajstić information content (AvgIpc) is 2.64. The Morgan fingerprint density at radius 3 is 2.71 bits per heavy atom. The normalized spacial score (nSPS) is 24.9.